The van der Waals surface area contributed by atoms with Gasteiger partial charge >= 0.3 is 7.60 Å². The molecular formula is C12H18FO5P. The van der Waals surface area contributed by atoms with E-state index in [9.17, 15) is 14.1 Å². The monoisotopic (exact) mass is 292 g/mol. The van der Waals surface area contributed by atoms with E-state index in [0.29, 0.717) is 0 Å². The Hall–Kier alpha value is -1.10. The Balaban J connectivity index is 2.87. The topological polar surface area (TPSA) is 76.0 Å². The van der Waals surface area contributed by atoms with Crippen LogP contribution in [0.3, 0.4) is 0 Å². The third-order valence-electron chi connectivity index (χ3n) is 2.42. The summed E-state index contributed by atoms with van der Waals surface area (Å²) in [5.74, 6) is -2.26. The van der Waals surface area contributed by atoms with Crippen LogP contribution in [0.2, 0.25) is 0 Å². The van der Waals surface area contributed by atoms with Crippen LogP contribution in [0.25, 0.3) is 0 Å². The number of aromatic hydroxyl groups is 2. The molecule has 0 radical (unpaired) electrons. The Morgan fingerprint density at radius 1 is 1.26 bits per heavy atom. The van der Waals surface area contributed by atoms with Crippen molar-refractivity contribution >= 4 is 7.60 Å². The molecule has 5 nitrogen and oxygen atoms in total. The number of halogens is 1. The zero-order valence-corrected chi connectivity index (χ0v) is 11.8. The molecule has 108 valence electrons. The molecule has 19 heavy (non-hydrogen) atoms. The van der Waals surface area contributed by atoms with Gasteiger partial charge in [-0.05, 0) is 25.5 Å². The number of alkyl halides is 1. The second-order valence-corrected chi connectivity index (χ2v) is 5.98. The Morgan fingerprint density at radius 3 is 2.32 bits per heavy atom. The normalized spacial score (nSPS) is 13.4. The lowest BCUT2D eigenvalue weighted by Crippen LogP contribution is -2.11. The minimum Gasteiger partial charge on any atom is -0.508 e. The van der Waals surface area contributed by atoms with Crippen LogP contribution in [-0.4, -0.2) is 29.3 Å². The summed E-state index contributed by atoms with van der Waals surface area (Å²) in [7, 11) is -3.85. The number of rotatable bonds is 7. The van der Waals surface area contributed by atoms with Gasteiger partial charge in [-0.25, -0.2) is 4.39 Å². The summed E-state index contributed by atoms with van der Waals surface area (Å²) in [6, 6.07) is 3.77. The van der Waals surface area contributed by atoms with E-state index in [1.807, 2.05) is 0 Å². The van der Waals surface area contributed by atoms with E-state index >= 15 is 0 Å². The van der Waals surface area contributed by atoms with Gasteiger partial charge in [-0.15, -0.1) is 0 Å². The van der Waals surface area contributed by atoms with E-state index in [0.717, 1.165) is 6.07 Å². The maximum absolute atomic E-state index is 14.1. The maximum atomic E-state index is 14.1. The summed E-state index contributed by atoms with van der Waals surface area (Å²) in [6.45, 7) is 3.32. The van der Waals surface area contributed by atoms with Crippen molar-refractivity contribution in [3.8, 4) is 11.5 Å². The maximum Gasteiger partial charge on any atom is 0.364 e. The summed E-state index contributed by atoms with van der Waals surface area (Å²) in [5.41, 5.74) is 0.227. The first-order chi connectivity index (χ1) is 8.92. The van der Waals surface area contributed by atoms with Crippen LogP contribution in [-0.2, 0) is 20.0 Å². The zero-order valence-electron chi connectivity index (χ0n) is 10.9. The highest BCUT2D eigenvalue weighted by Crippen LogP contribution is 2.54. The molecule has 1 aromatic rings. The van der Waals surface area contributed by atoms with Crippen LogP contribution in [0.1, 0.15) is 19.4 Å². The molecular weight excluding hydrogens is 274 g/mol. The standard InChI is InChI=1S/C12H18FO5P/c1-3-17-19(16,18-4-2)12(13)7-9-5-6-10(14)8-11(9)15/h5-6,8,12,14-15H,3-4,7H2,1-2H3. The zero-order chi connectivity index (χ0) is 14.5. The predicted octanol–water partition coefficient (Wildman–Crippen LogP) is 3.20. The lowest BCUT2D eigenvalue weighted by molar-refractivity contribution is 0.189. The summed E-state index contributed by atoms with van der Waals surface area (Å²) in [5, 5.41) is 18.7. The highest BCUT2D eigenvalue weighted by Gasteiger charge is 2.36. The fourth-order valence-corrected chi connectivity index (χ4v) is 3.12. The van der Waals surface area contributed by atoms with Crippen molar-refractivity contribution in [3.63, 3.8) is 0 Å². The van der Waals surface area contributed by atoms with Crippen molar-refractivity contribution in [3.05, 3.63) is 23.8 Å². The quantitative estimate of drug-likeness (QED) is 0.755. The highest BCUT2D eigenvalue weighted by molar-refractivity contribution is 7.54. The lowest BCUT2D eigenvalue weighted by atomic mass is 10.1. The SMILES string of the molecule is CCOP(=O)(OCC)C(F)Cc1ccc(O)cc1O. The summed E-state index contributed by atoms with van der Waals surface area (Å²) < 4.78 is 36.0. The molecule has 0 aliphatic rings. The van der Waals surface area contributed by atoms with Crippen molar-refractivity contribution in [2.45, 2.75) is 26.2 Å². The number of hydrogen-bond donors (Lipinski definition) is 2. The van der Waals surface area contributed by atoms with E-state index in [-0.39, 0.29) is 36.7 Å². The Bertz CT molecular complexity index is 455. The number of hydrogen-bond acceptors (Lipinski definition) is 5. The van der Waals surface area contributed by atoms with Crippen LogP contribution >= 0.6 is 7.60 Å². The fourth-order valence-electron chi connectivity index (χ4n) is 1.58. The van der Waals surface area contributed by atoms with E-state index in [1.165, 1.54) is 12.1 Å². The van der Waals surface area contributed by atoms with Gasteiger partial charge in [0.05, 0.1) is 13.2 Å². The Morgan fingerprint density at radius 2 is 1.84 bits per heavy atom. The van der Waals surface area contributed by atoms with E-state index in [2.05, 4.69) is 0 Å². The van der Waals surface area contributed by atoms with Gasteiger partial charge in [0.2, 0.25) is 5.91 Å². The van der Waals surface area contributed by atoms with Gasteiger partial charge in [-0.3, -0.25) is 4.57 Å². The third kappa shape index (κ3) is 4.20. The van der Waals surface area contributed by atoms with Crippen LogP contribution in [0.15, 0.2) is 18.2 Å². The number of phenols is 2. The second-order valence-electron chi connectivity index (χ2n) is 3.83. The largest absolute Gasteiger partial charge is 0.508 e. The molecule has 1 atom stereocenters. The summed E-state index contributed by atoms with van der Waals surface area (Å²) >= 11 is 0. The highest BCUT2D eigenvalue weighted by atomic mass is 31.2. The van der Waals surface area contributed by atoms with E-state index < -0.39 is 13.5 Å². The van der Waals surface area contributed by atoms with E-state index in [4.69, 9.17) is 14.2 Å². The molecule has 0 bridgehead atoms. The van der Waals surface area contributed by atoms with Crippen molar-refractivity contribution in [2.24, 2.45) is 0 Å². The fraction of sp³-hybridized carbons (Fsp3) is 0.500. The summed E-state index contributed by atoms with van der Waals surface area (Å²) in [6.07, 6.45) is -0.316. The van der Waals surface area contributed by atoms with Crippen LogP contribution in [0.5, 0.6) is 11.5 Å². The molecule has 0 aliphatic carbocycles. The molecule has 1 aromatic carbocycles. The van der Waals surface area contributed by atoms with Crippen LogP contribution < -0.4 is 0 Å². The molecule has 2 N–H and O–H groups in total. The average molecular weight is 292 g/mol. The molecule has 1 unspecified atom stereocenters. The molecule has 7 heteroatoms. The van der Waals surface area contributed by atoms with Crippen molar-refractivity contribution < 1.29 is 28.2 Å². The average Bonchev–Trinajstić information content (AvgIpc) is 2.33. The first kappa shape index (κ1) is 16.0. The van der Waals surface area contributed by atoms with E-state index in [1.54, 1.807) is 13.8 Å². The van der Waals surface area contributed by atoms with Gasteiger partial charge in [0.1, 0.15) is 11.5 Å². The second kappa shape index (κ2) is 6.89. The Kier molecular flexibility index (Phi) is 5.79. The number of phenolic OH excluding ortho intramolecular Hbond substituents is 2. The minimum atomic E-state index is -3.85. The lowest BCUT2D eigenvalue weighted by Gasteiger charge is -2.20. The molecule has 0 spiro atoms. The van der Waals surface area contributed by atoms with Crippen molar-refractivity contribution in [2.75, 3.05) is 13.2 Å². The molecule has 0 saturated carbocycles. The van der Waals surface area contributed by atoms with Crippen LogP contribution in [0.4, 0.5) is 4.39 Å². The molecule has 0 heterocycles. The first-order valence-electron chi connectivity index (χ1n) is 5.96. The summed E-state index contributed by atoms with van der Waals surface area (Å²) in [4.78, 5) is 0. The smallest absolute Gasteiger partial charge is 0.364 e. The minimum absolute atomic E-state index is 0.0687. The third-order valence-corrected chi connectivity index (χ3v) is 4.52. The molecule has 0 fully saturated rings. The van der Waals surface area contributed by atoms with Gasteiger partial charge < -0.3 is 19.3 Å². The van der Waals surface area contributed by atoms with Gasteiger partial charge in [-0.1, -0.05) is 6.07 Å². The predicted molar refractivity (Wildman–Crippen MR) is 69.2 cm³/mol. The van der Waals surface area contributed by atoms with Crippen molar-refractivity contribution in [1.82, 2.24) is 0 Å². The molecule has 1 rings (SSSR count). The van der Waals surface area contributed by atoms with Gasteiger partial charge in [0, 0.05) is 12.5 Å². The van der Waals surface area contributed by atoms with Gasteiger partial charge in [0.25, 0.3) is 0 Å². The molecule has 0 aliphatic heterocycles. The first-order valence-corrected chi connectivity index (χ1v) is 7.57. The molecule has 0 amide bonds. The Labute approximate surface area is 111 Å². The molecule has 0 saturated heterocycles. The van der Waals surface area contributed by atoms with Crippen LogP contribution in [0, 0.1) is 0 Å². The molecule has 0 aromatic heterocycles. The van der Waals surface area contributed by atoms with Gasteiger partial charge in [0.15, 0.2) is 0 Å². The van der Waals surface area contributed by atoms with Crippen molar-refractivity contribution in [1.29, 1.82) is 0 Å². The number of benzene rings is 1. The van der Waals surface area contributed by atoms with Gasteiger partial charge in [-0.2, -0.15) is 0 Å².